The number of hydrogen-bond acceptors (Lipinski definition) is 4. The van der Waals surface area contributed by atoms with Gasteiger partial charge in [-0.05, 0) is 19.3 Å². The highest BCUT2D eigenvalue weighted by Crippen LogP contribution is 2.28. The van der Waals surface area contributed by atoms with E-state index in [1.807, 2.05) is 0 Å². The minimum atomic E-state index is -1.08. The van der Waals surface area contributed by atoms with Gasteiger partial charge in [0.05, 0.1) is 12.1 Å². The molecular formula is C14H24N2O4. The van der Waals surface area contributed by atoms with Crippen LogP contribution in [-0.4, -0.2) is 48.3 Å². The molecule has 1 amide bonds. The first-order valence-electron chi connectivity index (χ1n) is 7.39. The molecule has 0 aromatic heterocycles. The summed E-state index contributed by atoms with van der Waals surface area (Å²) in [5.74, 6) is -1.12. The van der Waals surface area contributed by atoms with Gasteiger partial charge in [0.15, 0.2) is 0 Å². The van der Waals surface area contributed by atoms with E-state index in [4.69, 9.17) is 4.74 Å². The highest BCUT2D eigenvalue weighted by atomic mass is 16.5. The van der Waals surface area contributed by atoms with Crippen LogP contribution < -0.4 is 10.6 Å². The molecule has 2 unspecified atom stereocenters. The first kappa shape index (κ1) is 15.3. The van der Waals surface area contributed by atoms with Gasteiger partial charge in [-0.25, -0.2) is 4.79 Å². The van der Waals surface area contributed by atoms with Gasteiger partial charge in [-0.3, -0.25) is 4.79 Å². The van der Waals surface area contributed by atoms with Crippen LogP contribution >= 0.6 is 0 Å². The molecule has 1 saturated carbocycles. The number of carbonyl (C=O) groups excluding carboxylic acids is 1. The van der Waals surface area contributed by atoms with Crippen molar-refractivity contribution < 1.29 is 19.4 Å². The number of carboxylic acids is 1. The van der Waals surface area contributed by atoms with Gasteiger partial charge in [0.25, 0.3) is 0 Å². The maximum Gasteiger partial charge on any atom is 0.329 e. The molecule has 2 rings (SSSR count). The number of nitrogens with one attached hydrogen (secondary N) is 2. The van der Waals surface area contributed by atoms with Crippen molar-refractivity contribution in [2.75, 3.05) is 13.7 Å². The molecule has 0 aromatic carbocycles. The SMILES string of the molecule is COC1CNC(C(=O)NC2(C(=O)O)CCCCCC2)C1. The van der Waals surface area contributed by atoms with Gasteiger partial charge in [-0.2, -0.15) is 0 Å². The maximum absolute atomic E-state index is 12.3. The first-order chi connectivity index (χ1) is 9.57. The molecule has 1 aliphatic heterocycles. The second-order valence-corrected chi connectivity index (χ2v) is 5.84. The summed E-state index contributed by atoms with van der Waals surface area (Å²) in [5.41, 5.74) is -1.08. The fraction of sp³-hybridized carbons (Fsp3) is 0.857. The number of aliphatic carboxylic acids is 1. The fourth-order valence-electron chi connectivity index (χ4n) is 3.13. The van der Waals surface area contributed by atoms with Gasteiger partial charge in [0, 0.05) is 13.7 Å². The molecule has 2 aliphatic rings. The Morgan fingerprint density at radius 1 is 1.25 bits per heavy atom. The molecule has 6 heteroatoms. The molecule has 1 heterocycles. The van der Waals surface area contributed by atoms with Crippen molar-refractivity contribution in [1.82, 2.24) is 10.6 Å². The summed E-state index contributed by atoms with van der Waals surface area (Å²) in [7, 11) is 1.62. The van der Waals surface area contributed by atoms with E-state index in [-0.39, 0.29) is 18.1 Å². The number of carboxylic acid groups (broad SMARTS) is 1. The van der Waals surface area contributed by atoms with Crippen LogP contribution in [0, 0.1) is 0 Å². The zero-order chi connectivity index (χ0) is 14.6. The van der Waals surface area contributed by atoms with Gasteiger partial charge in [-0.15, -0.1) is 0 Å². The van der Waals surface area contributed by atoms with Gasteiger partial charge in [-0.1, -0.05) is 25.7 Å². The number of amides is 1. The molecule has 2 fully saturated rings. The van der Waals surface area contributed by atoms with Crippen LogP contribution in [-0.2, 0) is 14.3 Å². The van der Waals surface area contributed by atoms with Crippen LogP contribution in [0.2, 0.25) is 0 Å². The lowest BCUT2D eigenvalue weighted by molar-refractivity contribution is -0.148. The Morgan fingerprint density at radius 2 is 1.90 bits per heavy atom. The van der Waals surface area contributed by atoms with E-state index in [2.05, 4.69) is 10.6 Å². The van der Waals surface area contributed by atoms with E-state index in [0.717, 1.165) is 25.7 Å². The lowest BCUT2D eigenvalue weighted by Crippen LogP contribution is -2.57. The normalized spacial score (nSPS) is 29.6. The third-order valence-corrected chi connectivity index (χ3v) is 4.47. The van der Waals surface area contributed by atoms with E-state index >= 15 is 0 Å². The second kappa shape index (κ2) is 6.54. The summed E-state index contributed by atoms with van der Waals surface area (Å²) in [6.45, 7) is 0.634. The minimum Gasteiger partial charge on any atom is -0.480 e. The van der Waals surface area contributed by atoms with Crippen molar-refractivity contribution >= 4 is 11.9 Å². The monoisotopic (exact) mass is 284 g/mol. The topological polar surface area (TPSA) is 87.7 Å². The van der Waals surface area contributed by atoms with Crippen LogP contribution in [0.1, 0.15) is 44.9 Å². The van der Waals surface area contributed by atoms with Crippen molar-refractivity contribution in [3.05, 3.63) is 0 Å². The van der Waals surface area contributed by atoms with Gasteiger partial charge < -0.3 is 20.5 Å². The minimum absolute atomic E-state index is 0.0284. The van der Waals surface area contributed by atoms with Crippen LogP contribution in [0.25, 0.3) is 0 Å². The Morgan fingerprint density at radius 3 is 2.40 bits per heavy atom. The Hall–Kier alpha value is -1.14. The summed E-state index contributed by atoms with van der Waals surface area (Å²) in [6.07, 6.45) is 5.45. The number of hydrogen-bond donors (Lipinski definition) is 3. The Bertz CT molecular complexity index is 364. The molecule has 0 spiro atoms. The smallest absolute Gasteiger partial charge is 0.329 e. The maximum atomic E-state index is 12.3. The van der Waals surface area contributed by atoms with Crippen LogP contribution in [0.5, 0.6) is 0 Å². The van der Waals surface area contributed by atoms with Crippen molar-refractivity contribution in [3.63, 3.8) is 0 Å². The number of ether oxygens (including phenoxy) is 1. The van der Waals surface area contributed by atoms with E-state index in [0.29, 0.717) is 25.8 Å². The molecule has 0 bridgehead atoms. The number of carbonyl (C=O) groups is 2. The van der Waals surface area contributed by atoms with Crippen LogP contribution in [0.3, 0.4) is 0 Å². The molecule has 114 valence electrons. The van der Waals surface area contributed by atoms with Crippen molar-refractivity contribution in [2.24, 2.45) is 0 Å². The summed E-state index contributed by atoms with van der Waals surface area (Å²) in [4.78, 5) is 23.9. The molecule has 2 atom stereocenters. The van der Waals surface area contributed by atoms with Crippen LogP contribution in [0.15, 0.2) is 0 Å². The largest absolute Gasteiger partial charge is 0.480 e. The first-order valence-corrected chi connectivity index (χ1v) is 7.39. The molecule has 20 heavy (non-hydrogen) atoms. The average molecular weight is 284 g/mol. The van der Waals surface area contributed by atoms with E-state index in [1.54, 1.807) is 7.11 Å². The van der Waals surface area contributed by atoms with Crippen molar-refractivity contribution in [1.29, 1.82) is 0 Å². The van der Waals surface area contributed by atoms with Crippen LogP contribution in [0.4, 0.5) is 0 Å². The number of methoxy groups -OCH3 is 1. The zero-order valence-corrected chi connectivity index (χ0v) is 12.0. The molecule has 1 saturated heterocycles. The van der Waals surface area contributed by atoms with Gasteiger partial charge >= 0.3 is 5.97 Å². The zero-order valence-electron chi connectivity index (χ0n) is 12.0. The van der Waals surface area contributed by atoms with E-state index < -0.39 is 11.5 Å². The average Bonchev–Trinajstić information content (AvgIpc) is 2.79. The predicted molar refractivity (Wildman–Crippen MR) is 73.4 cm³/mol. The lowest BCUT2D eigenvalue weighted by Gasteiger charge is -2.30. The van der Waals surface area contributed by atoms with Gasteiger partial charge in [0.1, 0.15) is 5.54 Å². The quantitative estimate of drug-likeness (QED) is 0.660. The molecule has 6 nitrogen and oxygen atoms in total. The molecular weight excluding hydrogens is 260 g/mol. The predicted octanol–water partition coefficient (Wildman–Crippen LogP) is 0.657. The Balaban J connectivity index is 2.01. The van der Waals surface area contributed by atoms with Crippen molar-refractivity contribution in [3.8, 4) is 0 Å². The fourth-order valence-corrected chi connectivity index (χ4v) is 3.13. The standard InChI is InChI=1S/C14H24N2O4/c1-20-10-8-11(15-9-10)12(17)16-14(13(18)19)6-4-2-3-5-7-14/h10-11,15H,2-9H2,1H3,(H,16,17)(H,18,19). The highest BCUT2D eigenvalue weighted by molar-refractivity contribution is 5.89. The van der Waals surface area contributed by atoms with E-state index in [1.165, 1.54) is 0 Å². The molecule has 0 aromatic rings. The van der Waals surface area contributed by atoms with Gasteiger partial charge in [0.2, 0.25) is 5.91 Å². The Labute approximate surface area is 119 Å². The third kappa shape index (κ3) is 3.30. The second-order valence-electron chi connectivity index (χ2n) is 5.84. The summed E-state index contributed by atoms with van der Waals surface area (Å²) in [6, 6.07) is -0.348. The highest BCUT2D eigenvalue weighted by Gasteiger charge is 2.42. The molecule has 1 aliphatic carbocycles. The summed E-state index contributed by atoms with van der Waals surface area (Å²) < 4.78 is 5.22. The lowest BCUT2D eigenvalue weighted by atomic mass is 9.89. The summed E-state index contributed by atoms with van der Waals surface area (Å²) in [5, 5.41) is 15.4. The molecule has 0 radical (unpaired) electrons. The Kier molecular flexibility index (Phi) is 4.99. The van der Waals surface area contributed by atoms with Crippen molar-refractivity contribution in [2.45, 2.75) is 62.6 Å². The number of rotatable bonds is 4. The molecule has 3 N–H and O–H groups in total. The summed E-state index contributed by atoms with van der Waals surface area (Å²) >= 11 is 0. The third-order valence-electron chi connectivity index (χ3n) is 4.47. The van der Waals surface area contributed by atoms with E-state index in [9.17, 15) is 14.7 Å².